The molecule has 0 radical (unpaired) electrons. The predicted molar refractivity (Wildman–Crippen MR) is 156 cm³/mol. The second-order valence-corrected chi connectivity index (χ2v) is 13.5. The van der Waals surface area contributed by atoms with E-state index in [4.69, 9.17) is 0 Å². The third-order valence-corrected chi connectivity index (χ3v) is 5.76. The molecule has 0 N–H and O–H groups in total. The van der Waals surface area contributed by atoms with Gasteiger partial charge in [0, 0.05) is 0 Å². The van der Waals surface area contributed by atoms with Crippen LogP contribution in [0.1, 0.15) is 137 Å². The molecule has 0 heteroatoms. The lowest BCUT2D eigenvalue weighted by Gasteiger charge is -2.39. The van der Waals surface area contributed by atoms with Crippen molar-refractivity contribution in [2.75, 3.05) is 0 Å². The number of rotatable bonds is 3. The molecule has 0 aliphatic carbocycles. The van der Waals surface area contributed by atoms with Gasteiger partial charge in [-0.15, -0.1) is 6.58 Å². The van der Waals surface area contributed by atoms with Gasteiger partial charge in [-0.25, -0.2) is 0 Å². The van der Waals surface area contributed by atoms with Crippen LogP contribution in [-0.4, -0.2) is 0 Å². The van der Waals surface area contributed by atoms with Crippen LogP contribution in [0.15, 0.2) is 47.6 Å². The lowest BCUT2D eigenvalue weighted by molar-refractivity contribution is 0.178. The molecule has 0 aromatic heterocycles. The number of hydrogen-bond acceptors (Lipinski definition) is 0. The summed E-state index contributed by atoms with van der Waals surface area (Å²) in [6, 6.07) is 0. The molecule has 192 valence electrons. The van der Waals surface area contributed by atoms with Gasteiger partial charge in [0.1, 0.15) is 0 Å². The first kappa shape index (κ1) is 38.2. The average Bonchev–Trinajstić information content (AvgIpc) is 2.51. The molecule has 0 atom stereocenters. The van der Waals surface area contributed by atoms with Crippen LogP contribution in [0.5, 0.6) is 0 Å². The van der Waals surface area contributed by atoms with Gasteiger partial charge in [0.05, 0.1) is 0 Å². The zero-order valence-electron chi connectivity index (χ0n) is 26.0. The van der Waals surface area contributed by atoms with Crippen LogP contribution in [0.4, 0.5) is 0 Å². The Bertz CT molecular complexity index is 561. The third kappa shape index (κ3) is 27.0. The van der Waals surface area contributed by atoms with E-state index in [0.717, 1.165) is 6.42 Å². The summed E-state index contributed by atoms with van der Waals surface area (Å²) in [6.45, 7) is 47.3. The Morgan fingerprint density at radius 1 is 0.594 bits per heavy atom. The van der Waals surface area contributed by atoms with Crippen LogP contribution < -0.4 is 0 Å². The van der Waals surface area contributed by atoms with Crippen molar-refractivity contribution in [3.05, 3.63) is 47.6 Å². The van der Waals surface area contributed by atoms with Crippen molar-refractivity contribution in [2.45, 2.75) is 137 Å². The van der Waals surface area contributed by atoms with Gasteiger partial charge in [-0.05, 0) is 83.0 Å². The van der Waals surface area contributed by atoms with Crippen molar-refractivity contribution in [2.24, 2.45) is 21.7 Å². The minimum absolute atomic E-state index is 0.243. The molecule has 0 fully saturated rings. The van der Waals surface area contributed by atoms with Crippen molar-refractivity contribution in [3.63, 3.8) is 0 Å². The Morgan fingerprint density at radius 3 is 0.938 bits per heavy atom. The molecule has 0 aliphatic heterocycles. The van der Waals surface area contributed by atoms with Crippen molar-refractivity contribution >= 4 is 0 Å². The highest BCUT2D eigenvalue weighted by molar-refractivity contribution is 5.08. The normalized spacial score (nSPS) is 11.8. The first-order valence-electron chi connectivity index (χ1n) is 12.4. The highest BCUT2D eigenvalue weighted by atomic mass is 14.4. The van der Waals surface area contributed by atoms with Crippen LogP contribution in [0, 0.1) is 21.7 Å². The number of allylic oxidation sites excluding steroid dienone is 6. The van der Waals surface area contributed by atoms with Crippen molar-refractivity contribution in [1.29, 1.82) is 0 Å². The SMILES string of the molecule is C=C(C)C(C)(C)C(C)(C)C.C=C(C)CC(C)(C)C.CC(C)=C(C)CC(C)(C)C.CC=CC. The van der Waals surface area contributed by atoms with Crippen LogP contribution >= 0.6 is 0 Å². The molecule has 0 saturated carbocycles. The Hall–Kier alpha value is -1.04. The molecular formula is C32H64. The van der Waals surface area contributed by atoms with Crippen molar-refractivity contribution in [1.82, 2.24) is 0 Å². The summed E-state index contributed by atoms with van der Waals surface area (Å²) in [4.78, 5) is 0. The van der Waals surface area contributed by atoms with Crippen LogP contribution in [0.25, 0.3) is 0 Å². The molecule has 0 heterocycles. The molecule has 0 saturated heterocycles. The maximum absolute atomic E-state index is 3.99. The minimum atomic E-state index is 0.243. The molecule has 0 aliphatic rings. The minimum Gasteiger partial charge on any atom is -0.100 e. The molecule has 0 aromatic carbocycles. The molecule has 0 aromatic rings. The summed E-state index contributed by atoms with van der Waals surface area (Å²) < 4.78 is 0. The summed E-state index contributed by atoms with van der Waals surface area (Å²) in [5.41, 5.74) is 6.97. The topological polar surface area (TPSA) is 0 Å². The second kappa shape index (κ2) is 16.6. The molecule has 0 rings (SSSR count). The van der Waals surface area contributed by atoms with E-state index < -0.39 is 0 Å². The van der Waals surface area contributed by atoms with Gasteiger partial charge in [0.25, 0.3) is 0 Å². The van der Waals surface area contributed by atoms with Gasteiger partial charge >= 0.3 is 0 Å². The van der Waals surface area contributed by atoms with Crippen molar-refractivity contribution in [3.8, 4) is 0 Å². The van der Waals surface area contributed by atoms with Gasteiger partial charge in [0.15, 0.2) is 0 Å². The predicted octanol–water partition coefficient (Wildman–Crippen LogP) is 12.0. The summed E-state index contributed by atoms with van der Waals surface area (Å²) in [6.07, 6.45) is 6.35. The average molecular weight is 449 g/mol. The van der Waals surface area contributed by atoms with Crippen LogP contribution in [0.3, 0.4) is 0 Å². The summed E-state index contributed by atoms with van der Waals surface area (Å²) in [5.74, 6) is 0. The molecule has 0 unspecified atom stereocenters. The van der Waals surface area contributed by atoms with Gasteiger partial charge in [-0.1, -0.05) is 117 Å². The zero-order valence-corrected chi connectivity index (χ0v) is 26.0. The highest BCUT2D eigenvalue weighted by Gasteiger charge is 2.32. The maximum Gasteiger partial charge on any atom is -0.0102 e. The zero-order chi connectivity index (χ0) is 27.1. The van der Waals surface area contributed by atoms with Gasteiger partial charge in [0.2, 0.25) is 0 Å². The van der Waals surface area contributed by atoms with Crippen molar-refractivity contribution < 1.29 is 0 Å². The fourth-order valence-electron chi connectivity index (χ4n) is 2.52. The fraction of sp³-hybridized carbons (Fsp3) is 0.750. The molecule has 0 spiro atoms. The van der Waals surface area contributed by atoms with E-state index in [-0.39, 0.29) is 5.41 Å². The largest absolute Gasteiger partial charge is 0.100 e. The smallest absolute Gasteiger partial charge is 0.0102 e. The van der Waals surface area contributed by atoms with E-state index in [9.17, 15) is 0 Å². The maximum atomic E-state index is 3.99. The van der Waals surface area contributed by atoms with E-state index >= 15 is 0 Å². The fourth-order valence-corrected chi connectivity index (χ4v) is 2.52. The Labute approximate surface area is 206 Å². The molecule has 0 bridgehead atoms. The van der Waals surface area contributed by atoms with Gasteiger partial charge in [-0.2, -0.15) is 0 Å². The van der Waals surface area contributed by atoms with E-state index in [1.54, 1.807) is 0 Å². The van der Waals surface area contributed by atoms with Crippen LogP contribution in [0.2, 0.25) is 0 Å². The lowest BCUT2D eigenvalue weighted by Crippen LogP contribution is -2.30. The molecular weight excluding hydrogens is 384 g/mol. The first-order valence-corrected chi connectivity index (χ1v) is 12.4. The number of hydrogen-bond donors (Lipinski definition) is 0. The molecule has 0 amide bonds. The molecule has 0 nitrogen and oxygen atoms in total. The summed E-state index contributed by atoms with van der Waals surface area (Å²) in [5, 5.41) is 0. The second-order valence-electron chi connectivity index (χ2n) is 13.5. The Balaban J connectivity index is -0.000000170. The lowest BCUT2D eigenvalue weighted by atomic mass is 9.66. The standard InChI is InChI=1S/2C10H20.C8H16.C4H8/c1-8(2)9(3)7-10(4,5)6;1-8(2)10(6,7)9(3,4)5;1-7(2)6-8(3,4)5;1-3-4-2/h7H2,1-6H3;1H2,2-7H3;1,6H2,2-5H3;3-4H,1-2H3. The van der Waals surface area contributed by atoms with E-state index in [2.05, 4.69) is 124 Å². The molecule has 32 heavy (non-hydrogen) atoms. The Morgan fingerprint density at radius 2 is 0.906 bits per heavy atom. The van der Waals surface area contributed by atoms with Gasteiger partial charge < -0.3 is 0 Å². The Kier molecular flexibility index (Phi) is 19.8. The quantitative estimate of drug-likeness (QED) is 0.376. The summed E-state index contributed by atoms with van der Waals surface area (Å²) in [7, 11) is 0. The van der Waals surface area contributed by atoms with Crippen LogP contribution in [-0.2, 0) is 0 Å². The summed E-state index contributed by atoms with van der Waals surface area (Å²) >= 11 is 0. The van der Waals surface area contributed by atoms with Gasteiger partial charge in [-0.3, -0.25) is 0 Å². The van der Waals surface area contributed by atoms with E-state index in [1.165, 1.54) is 28.7 Å². The monoisotopic (exact) mass is 449 g/mol. The van der Waals surface area contributed by atoms with E-state index in [0.29, 0.717) is 16.2 Å². The highest BCUT2D eigenvalue weighted by Crippen LogP contribution is 2.42. The van der Waals surface area contributed by atoms with E-state index in [1.807, 2.05) is 26.0 Å². The first-order chi connectivity index (χ1) is 13.9. The third-order valence-electron chi connectivity index (χ3n) is 5.76.